The van der Waals surface area contributed by atoms with Gasteiger partial charge >= 0.3 is 5.97 Å². The van der Waals surface area contributed by atoms with Gasteiger partial charge in [0.05, 0.1) is 0 Å². The van der Waals surface area contributed by atoms with Crippen LogP contribution in [-0.4, -0.2) is 12.1 Å². The molecule has 0 aliphatic carbocycles. The van der Waals surface area contributed by atoms with Gasteiger partial charge in [0.2, 0.25) is 0 Å². The van der Waals surface area contributed by atoms with E-state index < -0.39 is 0 Å². The zero-order valence-corrected chi connectivity index (χ0v) is 8.17. The minimum Gasteiger partial charge on any atom is -0.462 e. The molecule has 1 saturated heterocycles. The van der Waals surface area contributed by atoms with Gasteiger partial charge in [-0.05, 0) is 24.7 Å². The van der Waals surface area contributed by atoms with Crippen LogP contribution in [0.3, 0.4) is 0 Å². The van der Waals surface area contributed by atoms with Crippen LogP contribution in [0.5, 0.6) is 0 Å². The summed E-state index contributed by atoms with van der Waals surface area (Å²) in [6.45, 7) is 6.44. The molecule has 1 heterocycles. The summed E-state index contributed by atoms with van der Waals surface area (Å²) < 4.78 is 5.23. The Morgan fingerprint density at radius 3 is 2.75 bits per heavy atom. The standard InChI is InChI=1S/C10H18O2/c1-7(2)4-9-5-8(3)6-10(11)12-9/h7-9H,4-6H2,1-3H3. The molecule has 1 fully saturated rings. The summed E-state index contributed by atoms with van der Waals surface area (Å²) in [5, 5.41) is 0. The van der Waals surface area contributed by atoms with Gasteiger partial charge in [-0.1, -0.05) is 20.8 Å². The van der Waals surface area contributed by atoms with Gasteiger partial charge in [0.1, 0.15) is 6.10 Å². The van der Waals surface area contributed by atoms with Crippen molar-refractivity contribution in [3.8, 4) is 0 Å². The highest BCUT2D eigenvalue weighted by Crippen LogP contribution is 2.24. The third-order valence-corrected chi connectivity index (χ3v) is 2.21. The van der Waals surface area contributed by atoms with Crippen molar-refractivity contribution in [2.45, 2.75) is 46.1 Å². The average molecular weight is 170 g/mol. The molecule has 0 bridgehead atoms. The molecule has 2 nitrogen and oxygen atoms in total. The van der Waals surface area contributed by atoms with Crippen molar-refractivity contribution in [2.24, 2.45) is 11.8 Å². The molecule has 12 heavy (non-hydrogen) atoms. The van der Waals surface area contributed by atoms with Crippen molar-refractivity contribution >= 4 is 5.97 Å². The maximum absolute atomic E-state index is 11.0. The van der Waals surface area contributed by atoms with E-state index in [0.29, 0.717) is 18.3 Å². The molecular weight excluding hydrogens is 152 g/mol. The molecule has 0 spiro atoms. The summed E-state index contributed by atoms with van der Waals surface area (Å²) in [7, 11) is 0. The number of hydrogen-bond donors (Lipinski definition) is 0. The van der Waals surface area contributed by atoms with Crippen LogP contribution in [0.15, 0.2) is 0 Å². The second-order valence-electron chi connectivity index (χ2n) is 4.29. The predicted molar refractivity (Wildman–Crippen MR) is 47.7 cm³/mol. The van der Waals surface area contributed by atoms with E-state index in [2.05, 4.69) is 20.8 Å². The predicted octanol–water partition coefficient (Wildman–Crippen LogP) is 2.37. The second kappa shape index (κ2) is 3.92. The van der Waals surface area contributed by atoms with E-state index in [4.69, 9.17) is 4.74 Å². The number of cyclic esters (lactones) is 1. The minimum absolute atomic E-state index is 0.0144. The number of carbonyl (C=O) groups is 1. The number of ether oxygens (including phenoxy) is 1. The fourth-order valence-electron chi connectivity index (χ4n) is 1.77. The van der Waals surface area contributed by atoms with Crippen molar-refractivity contribution in [2.75, 3.05) is 0 Å². The van der Waals surface area contributed by atoms with E-state index in [1.807, 2.05) is 0 Å². The maximum Gasteiger partial charge on any atom is 0.306 e. The number of carbonyl (C=O) groups excluding carboxylic acids is 1. The molecule has 1 rings (SSSR count). The SMILES string of the molecule is CC(C)CC1CC(C)CC(=O)O1. The van der Waals surface area contributed by atoms with Crippen LogP contribution >= 0.6 is 0 Å². The van der Waals surface area contributed by atoms with Crippen molar-refractivity contribution < 1.29 is 9.53 Å². The Balaban J connectivity index is 2.39. The summed E-state index contributed by atoms with van der Waals surface area (Å²) in [6.07, 6.45) is 2.84. The zero-order valence-electron chi connectivity index (χ0n) is 8.17. The highest BCUT2D eigenvalue weighted by atomic mass is 16.5. The molecule has 0 aromatic heterocycles. The number of rotatable bonds is 2. The summed E-state index contributed by atoms with van der Waals surface area (Å²) >= 11 is 0. The Kier molecular flexibility index (Phi) is 3.12. The van der Waals surface area contributed by atoms with Gasteiger partial charge in [0, 0.05) is 6.42 Å². The molecule has 0 aromatic carbocycles. The van der Waals surface area contributed by atoms with Crippen molar-refractivity contribution in [3.63, 3.8) is 0 Å². The summed E-state index contributed by atoms with van der Waals surface area (Å²) in [6, 6.07) is 0. The van der Waals surface area contributed by atoms with Crippen molar-refractivity contribution in [1.82, 2.24) is 0 Å². The molecule has 0 N–H and O–H groups in total. The topological polar surface area (TPSA) is 26.3 Å². The smallest absolute Gasteiger partial charge is 0.306 e. The summed E-state index contributed by atoms with van der Waals surface area (Å²) in [4.78, 5) is 11.0. The van der Waals surface area contributed by atoms with E-state index in [-0.39, 0.29) is 12.1 Å². The normalized spacial score (nSPS) is 30.5. The molecule has 1 aliphatic heterocycles. The third kappa shape index (κ3) is 2.84. The molecule has 2 heteroatoms. The summed E-state index contributed by atoms with van der Waals surface area (Å²) in [5.41, 5.74) is 0. The van der Waals surface area contributed by atoms with E-state index in [1.165, 1.54) is 0 Å². The zero-order chi connectivity index (χ0) is 9.14. The Morgan fingerprint density at radius 2 is 2.25 bits per heavy atom. The molecule has 2 atom stereocenters. The van der Waals surface area contributed by atoms with Crippen LogP contribution in [-0.2, 0) is 9.53 Å². The highest BCUT2D eigenvalue weighted by Gasteiger charge is 2.25. The summed E-state index contributed by atoms with van der Waals surface area (Å²) in [5.74, 6) is 1.11. The number of esters is 1. The molecule has 0 radical (unpaired) electrons. The van der Waals surface area contributed by atoms with Crippen LogP contribution in [0.1, 0.15) is 40.0 Å². The quantitative estimate of drug-likeness (QED) is 0.595. The van der Waals surface area contributed by atoms with Gasteiger partial charge in [-0.2, -0.15) is 0 Å². The first-order chi connectivity index (χ1) is 5.58. The first-order valence-corrected chi connectivity index (χ1v) is 4.77. The molecule has 1 aliphatic rings. The lowest BCUT2D eigenvalue weighted by Crippen LogP contribution is -2.29. The third-order valence-electron chi connectivity index (χ3n) is 2.21. The second-order valence-corrected chi connectivity index (χ2v) is 4.29. The Labute approximate surface area is 74.3 Å². The lowest BCUT2D eigenvalue weighted by atomic mass is 9.92. The molecule has 70 valence electrons. The van der Waals surface area contributed by atoms with Gasteiger partial charge < -0.3 is 4.74 Å². The first kappa shape index (κ1) is 9.56. The maximum atomic E-state index is 11.0. The van der Waals surface area contributed by atoms with E-state index in [1.54, 1.807) is 0 Å². The van der Waals surface area contributed by atoms with E-state index in [9.17, 15) is 4.79 Å². The largest absolute Gasteiger partial charge is 0.462 e. The lowest BCUT2D eigenvalue weighted by molar-refractivity contribution is -0.157. The van der Waals surface area contributed by atoms with E-state index in [0.717, 1.165) is 12.8 Å². The van der Waals surface area contributed by atoms with Crippen molar-refractivity contribution in [1.29, 1.82) is 0 Å². The van der Waals surface area contributed by atoms with E-state index >= 15 is 0 Å². The van der Waals surface area contributed by atoms with Crippen LogP contribution in [0, 0.1) is 11.8 Å². The van der Waals surface area contributed by atoms with Gasteiger partial charge in [-0.15, -0.1) is 0 Å². The highest BCUT2D eigenvalue weighted by molar-refractivity contribution is 5.70. The van der Waals surface area contributed by atoms with Crippen LogP contribution < -0.4 is 0 Å². The molecule has 0 saturated carbocycles. The Morgan fingerprint density at radius 1 is 1.58 bits per heavy atom. The number of hydrogen-bond acceptors (Lipinski definition) is 2. The average Bonchev–Trinajstić information content (AvgIpc) is 1.81. The fraction of sp³-hybridized carbons (Fsp3) is 0.900. The van der Waals surface area contributed by atoms with Gasteiger partial charge in [-0.3, -0.25) is 4.79 Å². The fourth-order valence-corrected chi connectivity index (χ4v) is 1.77. The molecule has 2 unspecified atom stereocenters. The van der Waals surface area contributed by atoms with Crippen LogP contribution in [0.4, 0.5) is 0 Å². The Bertz CT molecular complexity index is 161. The monoisotopic (exact) mass is 170 g/mol. The molecule has 0 aromatic rings. The molecular formula is C10H18O2. The van der Waals surface area contributed by atoms with Crippen LogP contribution in [0.2, 0.25) is 0 Å². The van der Waals surface area contributed by atoms with Gasteiger partial charge in [0.15, 0.2) is 0 Å². The minimum atomic E-state index is -0.0144. The lowest BCUT2D eigenvalue weighted by Gasteiger charge is -2.27. The van der Waals surface area contributed by atoms with Crippen LogP contribution in [0.25, 0.3) is 0 Å². The van der Waals surface area contributed by atoms with Gasteiger partial charge in [-0.25, -0.2) is 0 Å². The van der Waals surface area contributed by atoms with Crippen molar-refractivity contribution in [3.05, 3.63) is 0 Å². The molecule has 0 amide bonds. The van der Waals surface area contributed by atoms with Gasteiger partial charge in [0.25, 0.3) is 0 Å². The first-order valence-electron chi connectivity index (χ1n) is 4.77. The Hall–Kier alpha value is -0.530.